The molecule has 0 saturated heterocycles. The van der Waals surface area contributed by atoms with Gasteiger partial charge in [0.25, 0.3) is 0 Å². The average Bonchev–Trinajstić information content (AvgIpc) is 2.80. The van der Waals surface area contributed by atoms with E-state index in [4.69, 9.17) is 11.6 Å². The van der Waals surface area contributed by atoms with E-state index in [1.807, 2.05) is 30.3 Å². The van der Waals surface area contributed by atoms with Crippen molar-refractivity contribution in [2.24, 2.45) is 0 Å². The van der Waals surface area contributed by atoms with E-state index in [0.717, 1.165) is 16.7 Å². The molecule has 4 nitrogen and oxygen atoms in total. The van der Waals surface area contributed by atoms with E-state index in [2.05, 4.69) is 5.32 Å². The Hall–Kier alpha value is -3.18. The molecule has 1 atom stereocenters. The fourth-order valence-corrected chi connectivity index (χ4v) is 3.50. The van der Waals surface area contributed by atoms with Crippen molar-refractivity contribution in [3.8, 4) is 0 Å². The van der Waals surface area contributed by atoms with Crippen LogP contribution in [-0.2, 0) is 29.0 Å². The zero-order valence-electron chi connectivity index (χ0n) is 17.9. The van der Waals surface area contributed by atoms with Gasteiger partial charge < -0.3 is 10.2 Å². The summed E-state index contributed by atoms with van der Waals surface area (Å²) < 4.78 is 13.3. The Labute approximate surface area is 193 Å². The van der Waals surface area contributed by atoms with Crippen molar-refractivity contribution in [1.82, 2.24) is 10.2 Å². The Bertz CT molecular complexity index is 1020. The van der Waals surface area contributed by atoms with Gasteiger partial charge in [-0.05, 0) is 54.3 Å². The molecule has 0 aliphatic heterocycles. The lowest BCUT2D eigenvalue weighted by molar-refractivity contribution is -0.140. The summed E-state index contributed by atoms with van der Waals surface area (Å²) in [5.41, 5.74) is 2.68. The minimum Gasteiger partial charge on any atom is -0.354 e. The molecule has 3 rings (SSSR count). The molecule has 6 heteroatoms. The van der Waals surface area contributed by atoms with Gasteiger partial charge >= 0.3 is 0 Å². The van der Waals surface area contributed by atoms with Crippen LogP contribution in [0.3, 0.4) is 0 Å². The highest BCUT2D eigenvalue weighted by Gasteiger charge is 2.26. The molecular formula is C26H26ClFN2O2. The topological polar surface area (TPSA) is 49.4 Å². The predicted molar refractivity (Wildman–Crippen MR) is 125 cm³/mol. The molecule has 0 fully saturated rings. The molecular weight excluding hydrogens is 427 g/mol. The van der Waals surface area contributed by atoms with Gasteiger partial charge in [0.05, 0.1) is 6.42 Å². The van der Waals surface area contributed by atoms with Crippen molar-refractivity contribution >= 4 is 23.4 Å². The molecule has 1 N–H and O–H groups in total. The highest BCUT2D eigenvalue weighted by atomic mass is 35.5. The number of carbonyl (C=O) groups excluding carboxylic acids is 2. The Balaban J connectivity index is 1.69. The maximum atomic E-state index is 13.3. The largest absolute Gasteiger partial charge is 0.354 e. The van der Waals surface area contributed by atoms with Crippen molar-refractivity contribution in [3.05, 3.63) is 106 Å². The molecule has 0 heterocycles. The van der Waals surface area contributed by atoms with Crippen LogP contribution in [-0.4, -0.2) is 29.3 Å². The number of hydrogen-bond acceptors (Lipinski definition) is 2. The first-order valence-corrected chi connectivity index (χ1v) is 10.9. The SMILES string of the molecule is CC(C(=O)NCCc1ccccc1)N(Cc1ccc(F)cc1)C(=O)Cc1ccc(Cl)cc1. The van der Waals surface area contributed by atoms with Gasteiger partial charge in [-0.2, -0.15) is 0 Å². The summed E-state index contributed by atoms with van der Waals surface area (Å²) in [4.78, 5) is 27.5. The van der Waals surface area contributed by atoms with Crippen LogP contribution in [0.25, 0.3) is 0 Å². The van der Waals surface area contributed by atoms with Gasteiger partial charge in [-0.1, -0.05) is 66.2 Å². The Morgan fingerprint density at radius 3 is 2.19 bits per heavy atom. The first-order valence-electron chi connectivity index (χ1n) is 10.5. The number of hydrogen-bond donors (Lipinski definition) is 1. The second kappa shape index (κ2) is 11.4. The van der Waals surface area contributed by atoms with Crippen LogP contribution in [0, 0.1) is 5.82 Å². The Kier molecular flexibility index (Phi) is 8.40. The summed E-state index contributed by atoms with van der Waals surface area (Å²) in [5, 5.41) is 3.52. The first-order chi connectivity index (χ1) is 15.4. The maximum absolute atomic E-state index is 13.3. The molecule has 0 spiro atoms. The smallest absolute Gasteiger partial charge is 0.242 e. The molecule has 0 aromatic heterocycles. The molecule has 3 aromatic rings. The van der Waals surface area contributed by atoms with Gasteiger partial charge in [0.15, 0.2) is 0 Å². The summed E-state index contributed by atoms with van der Waals surface area (Å²) in [7, 11) is 0. The van der Waals surface area contributed by atoms with E-state index >= 15 is 0 Å². The van der Waals surface area contributed by atoms with Gasteiger partial charge in [-0.25, -0.2) is 4.39 Å². The van der Waals surface area contributed by atoms with Crippen LogP contribution < -0.4 is 5.32 Å². The van der Waals surface area contributed by atoms with Crippen molar-refractivity contribution in [2.45, 2.75) is 32.4 Å². The van der Waals surface area contributed by atoms with Crippen molar-refractivity contribution in [2.75, 3.05) is 6.54 Å². The van der Waals surface area contributed by atoms with Crippen molar-refractivity contribution in [3.63, 3.8) is 0 Å². The number of rotatable bonds is 9. The number of nitrogens with one attached hydrogen (secondary N) is 1. The zero-order chi connectivity index (χ0) is 22.9. The molecule has 0 bridgehead atoms. The number of halogens is 2. The fourth-order valence-electron chi connectivity index (χ4n) is 3.37. The third kappa shape index (κ3) is 6.92. The van der Waals surface area contributed by atoms with Crippen LogP contribution in [0.15, 0.2) is 78.9 Å². The highest BCUT2D eigenvalue weighted by Crippen LogP contribution is 2.15. The maximum Gasteiger partial charge on any atom is 0.242 e. The summed E-state index contributed by atoms with van der Waals surface area (Å²) in [6.45, 7) is 2.39. The number of benzene rings is 3. The molecule has 0 aliphatic carbocycles. The Morgan fingerprint density at radius 1 is 0.906 bits per heavy atom. The third-order valence-electron chi connectivity index (χ3n) is 5.26. The van der Waals surface area contributed by atoms with Crippen LogP contribution >= 0.6 is 11.6 Å². The van der Waals surface area contributed by atoms with Gasteiger partial charge in [-0.15, -0.1) is 0 Å². The van der Waals surface area contributed by atoms with Crippen LogP contribution in [0.2, 0.25) is 5.02 Å². The number of nitrogens with zero attached hydrogens (tertiary/aromatic N) is 1. The van der Waals surface area contributed by atoms with E-state index in [1.165, 1.54) is 17.0 Å². The number of carbonyl (C=O) groups is 2. The van der Waals surface area contributed by atoms with Crippen LogP contribution in [0.5, 0.6) is 0 Å². The van der Waals surface area contributed by atoms with Crippen molar-refractivity contribution < 1.29 is 14.0 Å². The monoisotopic (exact) mass is 452 g/mol. The average molecular weight is 453 g/mol. The van der Waals surface area contributed by atoms with E-state index in [0.29, 0.717) is 18.0 Å². The van der Waals surface area contributed by atoms with E-state index in [1.54, 1.807) is 43.3 Å². The summed E-state index contributed by atoms with van der Waals surface area (Å²) in [5.74, 6) is -0.769. The standard InChI is InChI=1S/C26H26ClFN2O2/c1-19(26(32)29-16-15-20-5-3-2-4-6-20)30(18-22-9-13-24(28)14-10-22)25(31)17-21-7-11-23(27)12-8-21/h2-14,19H,15-18H2,1H3,(H,29,32). The van der Waals surface area contributed by atoms with E-state index < -0.39 is 6.04 Å². The normalized spacial score (nSPS) is 11.6. The Morgan fingerprint density at radius 2 is 1.53 bits per heavy atom. The lowest BCUT2D eigenvalue weighted by Gasteiger charge is -2.29. The van der Waals surface area contributed by atoms with Gasteiger partial charge in [0, 0.05) is 18.1 Å². The first kappa shape index (κ1) is 23.5. The molecule has 0 radical (unpaired) electrons. The molecule has 3 aromatic carbocycles. The molecule has 0 saturated carbocycles. The molecule has 32 heavy (non-hydrogen) atoms. The summed E-state index contributed by atoms with van der Waals surface area (Å²) >= 11 is 5.94. The van der Waals surface area contributed by atoms with E-state index in [9.17, 15) is 14.0 Å². The molecule has 166 valence electrons. The van der Waals surface area contributed by atoms with Crippen LogP contribution in [0.1, 0.15) is 23.6 Å². The van der Waals surface area contributed by atoms with Gasteiger partial charge in [0.2, 0.25) is 11.8 Å². The summed E-state index contributed by atoms with van der Waals surface area (Å²) in [6, 6.07) is 22.2. The number of amides is 2. The molecule has 1 unspecified atom stereocenters. The van der Waals surface area contributed by atoms with E-state index in [-0.39, 0.29) is 30.6 Å². The minimum atomic E-state index is -0.685. The fraction of sp³-hybridized carbons (Fsp3) is 0.231. The lowest BCUT2D eigenvalue weighted by Crippen LogP contribution is -2.48. The minimum absolute atomic E-state index is 0.139. The van der Waals surface area contributed by atoms with Gasteiger partial charge in [0.1, 0.15) is 11.9 Å². The predicted octanol–water partition coefficient (Wildman–Crippen LogP) is 4.80. The quantitative estimate of drug-likeness (QED) is 0.507. The lowest BCUT2D eigenvalue weighted by atomic mass is 10.1. The van der Waals surface area contributed by atoms with Gasteiger partial charge in [-0.3, -0.25) is 9.59 Å². The van der Waals surface area contributed by atoms with Crippen molar-refractivity contribution in [1.29, 1.82) is 0 Å². The second-order valence-corrected chi connectivity index (χ2v) is 8.09. The second-order valence-electron chi connectivity index (χ2n) is 7.65. The summed E-state index contributed by atoms with van der Waals surface area (Å²) in [6.07, 6.45) is 0.843. The molecule has 2 amide bonds. The highest BCUT2D eigenvalue weighted by molar-refractivity contribution is 6.30. The zero-order valence-corrected chi connectivity index (χ0v) is 18.7. The third-order valence-corrected chi connectivity index (χ3v) is 5.51. The van der Waals surface area contributed by atoms with Crippen LogP contribution in [0.4, 0.5) is 4.39 Å². The molecule has 0 aliphatic rings.